The summed E-state index contributed by atoms with van der Waals surface area (Å²) in [7, 11) is -3.64. The molecule has 0 aliphatic carbocycles. The van der Waals surface area contributed by atoms with E-state index in [1.807, 2.05) is 18.2 Å². The molecule has 32 heavy (non-hydrogen) atoms. The van der Waals surface area contributed by atoms with Crippen molar-refractivity contribution in [1.29, 1.82) is 0 Å². The summed E-state index contributed by atoms with van der Waals surface area (Å²) in [6.45, 7) is 6.06. The molecule has 1 aliphatic heterocycles. The van der Waals surface area contributed by atoms with Crippen LogP contribution >= 0.6 is 0 Å². The maximum absolute atomic E-state index is 12.7. The Morgan fingerprint density at radius 1 is 1.00 bits per heavy atom. The van der Waals surface area contributed by atoms with Gasteiger partial charge < -0.3 is 15.5 Å². The van der Waals surface area contributed by atoms with E-state index in [1.54, 1.807) is 36.9 Å². The summed E-state index contributed by atoms with van der Waals surface area (Å²) < 4.78 is 26.8. The van der Waals surface area contributed by atoms with Crippen LogP contribution in [0.1, 0.15) is 42.6 Å². The number of amides is 3. The van der Waals surface area contributed by atoms with E-state index >= 15 is 0 Å². The zero-order chi connectivity index (χ0) is 23.1. The van der Waals surface area contributed by atoms with Gasteiger partial charge in [0, 0.05) is 44.0 Å². The number of nitrogens with one attached hydrogen (secondary N) is 2. The predicted molar refractivity (Wildman–Crippen MR) is 124 cm³/mol. The lowest BCUT2D eigenvalue weighted by Gasteiger charge is -2.18. The highest BCUT2D eigenvalue weighted by Gasteiger charge is 2.22. The van der Waals surface area contributed by atoms with Gasteiger partial charge in [0.15, 0.2) is 0 Å². The summed E-state index contributed by atoms with van der Waals surface area (Å²) in [6.07, 6.45) is 2.05. The van der Waals surface area contributed by atoms with Crippen molar-refractivity contribution < 1.29 is 18.0 Å². The summed E-state index contributed by atoms with van der Waals surface area (Å²) in [4.78, 5) is 26.8. The predicted octanol–water partition coefficient (Wildman–Crippen LogP) is 3.27. The van der Waals surface area contributed by atoms with Gasteiger partial charge in [-0.1, -0.05) is 32.0 Å². The average molecular weight is 459 g/mol. The quantitative estimate of drug-likeness (QED) is 0.634. The van der Waals surface area contributed by atoms with Crippen LogP contribution in [0.4, 0.5) is 10.5 Å². The lowest BCUT2D eigenvalue weighted by atomic mass is 10.1. The maximum atomic E-state index is 12.7. The van der Waals surface area contributed by atoms with Gasteiger partial charge in [0.05, 0.1) is 4.90 Å². The number of likely N-dealkylation sites (tertiary alicyclic amines) is 1. The second-order valence-electron chi connectivity index (χ2n) is 7.62. The monoisotopic (exact) mass is 458 g/mol. The number of nitrogens with zero attached hydrogens (tertiary/aromatic N) is 2. The van der Waals surface area contributed by atoms with E-state index in [9.17, 15) is 18.0 Å². The highest BCUT2D eigenvalue weighted by Crippen LogP contribution is 2.18. The third-order valence-electron chi connectivity index (χ3n) is 5.46. The zero-order valence-electron chi connectivity index (χ0n) is 18.5. The fourth-order valence-electron chi connectivity index (χ4n) is 3.68. The minimum Gasteiger partial charge on any atom is -0.348 e. The molecule has 3 rings (SSSR count). The smallest absolute Gasteiger partial charge is 0.321 e. The van der Waals surface area contributed by atoms with E-state index in [0.717, 1.165) is 31.5 Å². The number of sulfonamides is 1. The first-order valence-electron chi connectivity index (χ1n) is 10.9. The largest absolute Gasteiger partial charge is 0.348 e. The molecule has 0 radical (unpaired) electrons. The van der Waals surface area contributed by atoms with Crippen molar-refractivity contribution in [2.24, 2.45) is 0 Å². The molecule has 0 aromatic heterocycles. The topological polar surface area (TPSA) is 98.8 Å². The first kappa shape index (κ1) is 23.7. The van der Waals surface area contributed by atoms with Crippen LogP contribution in [-0.4, -0.2) is 55.7 Å². The van der Waals surface area contributed by atoms with Crippen LogP contribution in [0.3, 0.4) is 0 Å². The normalized spacial score (nSPS) is 13.9. The molecule has 1 saturated heterocycles. The molecular formula is C23H30N4O4S. The molecule has 2 N–H and O–H groups in total. The van der Waals surface area contributed by atoms with E-state index in [1.165, 1.54) is 16.4 Å². The molecule has 8 nitrogen and oxygen atoms in total. The van der Waals surface area contributed by atoms with Crippen LogP contribution in [0, 0.1) is 0 Å². The molecule has 1 aliphatic rings. The number of carbonyl (C=O) groups excluding carboxylic acids is 2. The van der Waals surface area contributed by atoms with Gasteiger partial charge in [-0.25, -0.2) is 13.2 Å². The van der Waals surface area contributed by atoms with Crippen LogP contribution in [0.15, 0.2) is 53.4 Å². The van der Waals surface area contributed by atoms with Gasteiger partial charge in [-0.05, 0) is 48.7 Å². The molecule has 0 saturated carbocycles. The molecule has 3 amide bonds. The molecule has 0 bridgehead atoms. The number of benzene rings is 2. The Balaban J connectivity index is 1.64. The lowest BCUT2D eigenvalue weighted by Crippen LogP contribution is -2.32. The summed E-state index contributed by atoms with van der Waals surface area (Å²) in [5.41, 5.74) is 1.77. The summed E-state index contributed by atoms with van der Waals surface area (Å²) in [5.74, 6) is -0.367. The van der Waals surface area contributed by atoms with E-state index in [-0.39, 0.29) is 28.9 Å². The van der Waals surface area contributed by atoms with Crippen molar-refractivity contribution in [2.45, 2.75) is 38.1 Å². The molecule has 1 fully saturated rings. The van der Waals surface area contributed by atoms with E-state index in [4.69, 9.17) is 0 Å². The number of rotatable bonds is 8. The van der Waals surface area contributed by atoms with Crippen LogP contribution in [0.2, 0.25) is 0 Å². The molecule has 0 unspecified atom stereocenters. The first-order chi connectivity index (χ1) is 15.3. The maximum Gasteiger partial charge on any atom is 0.321 e. The molecule has 172 valence electrons. The summed E-state index contributed by atoms with van der Waals surface area (Å²) in [5, 5.41) is 5.71. The van der Waals surface area contributed by atoms with Crippen molar-refractivity contribution in [2.75, 3.05) is 31.5 Å². The highest BCUT2D eigenvalue weighted by molar-refractivity contribution is 7.89. The number of hydrogen-bond acceptors (Lipinski definition) is 4. The third kappa shape index (κ3) is 5.66. The van der Waals surface area contributed by atoms with Crippen molar-refractivity contribution in [3.63, 3.8) is 0 Å². The summed E-state index contributed by atoms with van der Waals surface area (Å²) >= 11 is 0. The van der Waals surface area contributed by atoms with Crippen LogP contribution in [-0.2, 0) is 16.6 Å². The van der Waals surface area contributed by atoms with Gasteiger partial charge in [0.25, 0.3) is 5.91 Å². The standard InChI is InChI=1S/C23H30N4O4S/c1-3-27(4-2)32(30,31)21-12-8-10-19(16-21)22(28)24-17-18-9-7-11-20(15-18)25-23(29)26-13-5-6-14-26/h7-12,15-16H,3-6,13-14,17H2,1-2H3,(H,24,28)(H,25,29). The second-order valence-corrected chi connectivity index (χ2v) is 9.56. The molecule has 0 spiro atoms. The van der Waals surface area contributed by atoms with E-state index in [2.05, 4.69) is 10.6 Å². The number of urea groups is 1. The average Bonchev–Trinajstić information content (AvgIpc) is 3.34. The van der Waals surface area contributed by atoms with Crippen molar-refractivity contribution in [3.05, 3.63) is 59.7 Å². The Hall–Kier alpha value is -2.91. The highest BCUT2D eigenvalue weighted by atomic mass is 32.2. The minimum atomic E-state index is -3.64. The number of hydrogen-bond donors (Lipinski definition) is 2. The van der Waals surface area contributed by atoms with Crippen molar-refractivity contribution in [3.8, 4) is 0 Å². The van der Waals surface area contributed by atoms with Crippen LogP contribution in [0.5, 0.6) is 0 Å². The third-order valence-corrected chi connectivity index (χ3v) is 7.51. The Morgan fingerprint density at radius 2 is 1.69 bits per heavy atom. The Morgan fingerprint density at radius 3 is 2.38 bits per heavy atom. The SMILES string of the molecule is CCN(CC)S(=O)(=O)c1cccc(C(=O)NCc2cccc(NC(=O)N3CCCC3)c2)c1. The van der Waals surface area contributed by atoms with Gasteiger partial charge in [-0.3, -0.25) is 4.79 Å². The van der Waals surface area contributed by atoms with Crippen molar-refractivity contribution in [1.82, 2.24) is 14.5 Å². The molecular weight excluding hydrogens is 428 g/mol. The van der Waals surface area contributed by atoms with Gasteiger partial charge in [-0.2, -0.15) is 4.31 Å². The fourth-order valence-corrected chi connectivity index (χ4v) is 5.18. The Labute approximate surface area is 189 Å². The van der Waals surface area contributed by atoms with E-state index < -0.39 is 10.0 Å². The van der Waals surface area contributed by atoms with Crippen molar-refractivity contribution >= 4 is 27.6 Å². The van der Waals surface area contributed by atoms with Gasteiger partial charge in [0.1, 0.15) is 0 Å². The molecule has 9 heteroatoms. The summed E-state index contributed by atoms with van der Waals surface area (Å²) in [6, 6.07) is 13.2. The number of carbonyl (C=O) groups is 2. The zero-order valence-corrected chi connectivity index (χ0v) is 19.3. The van der Waals surface area contributed by atoms with Crippen LogP contribution < -0.4 is 10.6 Å². The Kier molecular flexibility index (Phi) is 7.87. The van der Waals surface area contributed by atoms with Gasteiger partial charge in [0.2, 0.25) is 10.0 Å². The number of anilines is 1. The Bertz CT molecular complexity index is 1060. The minimum absolute atomic E-state index is 0.0977. The molecule has 2 aromatic rings. The van der Waals surface area contributed by atoms with Crippen LogP contribution in [0.25, 0.3) is 0 Å². The molecule has 1 heterocycles. The first-order valence-corrected chi connectivity index (χ1v) is 12.3. The fraction of sp³-hybridized carbons (Fsp3) is 0.391. The molecule has 0 atom stereocenters. The van der Waals surface area contributed by atoms with E-state index in [0.29, 0.717) is 18.8 Å². The van der Waals surface area contributed by atoms with Gasteiger partial charge in [-0.15, -0.1) is 0 Å². The molecule has 2 aromatic carbocycles. The second kappa shape index (κ2) is 10.6. The lowest BCUT2D eigenvalue weighted by molar-refractivity contribution is 0.0950. The van der Waals surface area contributed by atoms with Gasteiger partial charge >= 0.3 is 6.03 Å².